The Hall–Kier alpha value is -2.64. The lowest BCUT2D eigenvalue weighted by Crippen LogP contribution is -2.54. The summed E-state index contributed by atoms with van der Waals surface area (Å²) >= 11 is 0. The minimum atomic E-state index is -0.551. The third kappa shape index (κ3) is 4.30. The fraction of sp³-hybridized carbons (Fsp3) is 0.556. The van der Waals surface area contributed by atoms with Crippen LogP contribution in [0.2, 0.25) is 0 Å². The Morgan fingerprint density at radius 2 is 2.00 bits per heavy atom. The fourth-order valence-corrected chi connectivity index (χ4v) is 3.23. The van der Waals surface area contributed by atoms with Crippen molar-refractivity contribution < 1.29 is 14.3 Å². The Bertz CT molecular complexity index is 803. The Morgan fingerprint density at radius 1 is 1.27 bits per heavy atom. The molecule has 1 fully saturated rings. The molecule has 2 heterocycles. The van der Waals surface area contributed by atoms with Crippen molar-refractivity contribution in [2.75, 3.05) is 6.54 Å². The predicted octanol–water partition coefficient (Wildman–Crippen LogP) is 2.30. The number of aromatic nitrogens is 3. The van der Waals surface area contributed by atoms with E-state index in [0.717, 1.165) is 25.7 Å². The Morgan fingerprint density at radius 3 is 2.69 bits per heavy atom. The lowest BCUT2D eigenvalue weighted by atomic mass is 9.97. The van der Waals surface area contributed by atoms with Gasteiger partial charge in [-0.3, -0.25) is 9.20 Å². The van der Waals surface area contributed by atoms with E-state index < -0.39 is 17.2 Å². The number of hydrogen-bond acceptors (Lipinski definition) is 5. The summed E-state index contributed by atoms with van der Waals surface area (Å²) in [6, 6.07) is 3.48. The number of ether oxygens (including phenoxy) is 1. The second-order valence-electron chi connectivity index (χ2n) is 7.81. The first-order valence-electron chi connectivity index (χ1n) is 8.85. The van der Waals surface area contributed by atoms with Crippen molar-refractivity contribution in [3.63, 3.8) is 0 Å². The molecule has 2 N–H and O–H groups in total. The molecule has 8 nitrogen and oxygen atoms in total. The monoisotopic (exact) mass is 359 g/mol. The number of amides is 2. The molecule has 1 aliphatic carbocycles. The lowest BCUT2D eigenvalue weighted by Gasteiger charge is -2.31. The van der Waals surface area contributed by atoms with Crippen LogP contribution in [0, 0.1) is 0 Å². The van der Waals surface area contributed by atoms with Gasteiger partial charge < -0.3 is 15.4 Å². The molecule has 0 saturated heterocycles. The van der Waals surface area contributed by atoms with Crippen LogP contribution in [0.3, 0.4) is 0 Å². The highest BCUT2D eigenvalue weighted by Crippen LogP contribution is 2.29. The average molecular weight is 359 g/mol. The van der Waals surface area contributed by atoms with Crippen LogP contribution in [-0.4, -0.2) is 44.3 Å². The molecule has 0 bridgehead atoms. The van der Waals surface area contributed by atoms with Crippen molar-refractivity contribution in [1.29, 1.82) is 0 Å². The zero-order valence-corrected chi connectivity index (χ0v) is 15.4. The van der Waals surface area contributed by atoms with Crippen LogP contribution < -0.4 is 10.6 Å². The third-order valence-corrected chi connectivity index (χ3v) is 4.46. The van der Waals surface area contributed by atoms with Crippen LogP contribution in [-0.2, 0) is 4.74 Å². The number of carbonyl (C=O) groups excluding carboxylic acids is 2. The SMILES string of the molecule is CC(C)(C)OC(=O)NCC1(NC(=O)c2ccc3nncn3c2)CCCC1. The van der Waals surface area contributed by atoms with Gasteiger partial charge >= 0.3 is 6.09 Å². The maximum Gasteiger partial charge on any atom is 0.407 e. The largest absolute Gasteiger partial charge is 0.444 e. The zero-order valence-electron chi connectivity index (χ0n) is 15.4. The van der Waals surface area contributed by atoms with Crippen LogP contribution in [0.25, 0.3) is 5.65 Å². The molecule has 26 heavy (non-hydrogen) atoms. The average Bonchev–Trinajstić information content (AvgIpc) is 3.20. The molecule has 140 valence electrons. The molecule has 0 atom stereocenters. The van der Waals surface area contributed by atoms with E-state index in [4.69, 9.17) is 4.74 Å². The standard InChI is InChI=1S/C18H25N5O3/c1-17(2,3)26-16(25)19-11-18(8-4-5-9-18)21-15(24)13-6-7-14-22-20-12-23(14)10-13/h6-7,10,12H,4-5,8-9,11H2,1-3H3,(H,19,25)(H,21,24). The number of pyridine rings is 1. The van der Waals surface area contributed by atoms with Gasteiger partial charge in [-0.05, 0) is 45.7 Å². The number of nitrogens with zero attached hydrogens (tertiary/aromatic N) is 3. The molecule has 2 aromatic rings. The molecule has 0 spiro atoms. The molecule has 0 unspecified atom stereocenters. The van der Waals surface area contributed by atoms with Crippen LogP contribution in [0.4, 0.5) is 4.79 Å². The highest BCUT2D eigenvalue weighted by Gasteiger charge is 2.36. The summed E-state index contributed by atoms with van der Waals surface area (Å²) in [5.41, 5.74) is 0.213. The van der Waals surface area contributed by atoms with E-state index in [1.807, 2.05) is 20.8 Å². The first-order valence-corrected chi connectivity index (χ1v) is 8.85. The van der Waals surface area contributed by atoms with Gasteiger partial charge in [-0.25, -0.2) is 4.79 Å². The first kappa shape index (κ1) is 18.2. The van der Waals surface area contributed by atoms with E-state index in [1.165, 1.54) is 0 Å². The summed E-state index contributed by atoms with van der Waals surface area (Å²) in [4.78, 5) is 24.7. The van der Waals surface area contributed by atoms with Crippen LogP contribution in [0.5, 0.6) is 0 Å². The molecular formula is C18H25N5O3. The highest BCUT2D eigenvalue weighted by atomic mass is 16.6. The lowest BCUT2D eigenvalue weighted by molar-refractivity contribution is 0.0505. The zero-order chi connectivity index (χ0) is 18.8. The second kappa shape index (κ2) is 6.93. The second-order valence-corrected chi connectivity index (χ2v) is 7.81. The van der Waals surface area contributed by atoms with Gasteiger partial charge in [0.2, 0.25) is 0 Å². The van der Waals surface area contributed by atoms with Crippen molar-refractivity contribution in [3.05, 3.63) is 30.2 Å². The number of rotatable bonds is 4. The molecule has 8 heteroatoms. The Kier molecular flexibility index (Phi) is 4.84. The molecule has 0 aromatic carbocycles. The van der Waals surface area contributed by atoms with Gasteiger partial charge in [-0.2, -0.15) is 0 Å². The maximum atomic E-state index is 12.7. The fourth-order valence-electron chi connectivity index (χ4n) is 3.23. The van der Waals surface area contributed by atoms with Gasteiger partial charge in [0.15, 0.2) is 5.65 Å². The summed E-state index contributed by atoms with van der Waals surface area (Å²) in [5.74, 6) is -0.173. The number of hydrogen-bond donors (Lipinski definition) is 2. The molecule has 0 aliphatic heterocycles. The Balaban J connectivity index is 1.67. The van der Waals surface area contributed by atoms with Gasteiger partial charge in [-0.1, -0.05) is 12.8 Å². The molecule has 1 saturated carbocycles. The summed E-state index contributed by atoms with van der Waals surface area (Å²) in [5, 5.41) is 13.7. The topological polar surface area (TPSA) is 97.6 Å². The molecule has 1 aliphatic rings. The van der Waals surface area contributed by atoms with Crippen molar-refractivity contribution in [2.45, 2.75) is 57.6 Å². The number of alkyl carbamates (subject to hydrolysis) is 1. The summed E-state index contributed by atoms with van der Waals surface area (Å²) in [6.45, 7) is 5.81. The number of carbonyl (C=O) groups is 2. The third-order valence-electron chi connectivity index (χ3n) is 4.46. The van der Waals surface area contributed by atoms with E-state index in [2.05, 4.69) is 20.8 Å². The van der Waals surface area contributed by atoms with E-state index >= 15 is 0 Å². The number of fused-ring (bicyclic) bond motifs is 1. The molecule has 3 rings (SSSR count). The van der Waals surface area contributed by atoms with Gasteiger partial charge in [0.1, 0.15) is 11.9 Å². The Labute approximate surface area is 152 Å². The van der Waals surface area contributed by atoms with Crippen molar-refractivity contribution in [1.82, 2.24) is 25.2 Å². The summed E-state index contributed by atoms with van der Waals surface area (Å²) in [7, 11) is 0. The quantitative estimate of drug-likeness (QED) is 0.873. The van der Waals surface area contributed by atoms with Crippen molar-refractivity contribution in [2.24, 2.45) is 0 Å². The predicted molar refractivity (Wildman–Crippen MR) is 95.9 cm³/mol. The van der Waals surface area contributed by atoms with E-state index in [9.17, 15) is 9.59 Å². The van der Waals surface area contributed by atoms with E-state index in [-0.39, 0.29) is 5.91 Å². The first-order chi connectivity index (χ1) is 12.3. The normalized spacial score (nSPS) is 16.4. The van der Waals surface area contributed by atoms with E-state index in [1.54, 1.807) is 29.1 Å². The van der Waals surface area contributed by atoms with Crippen molar-refractivity contribution >= 4 is 17.6 Å². The van der Waals surface area contributed by atoms with Gasteiger partial charge in [0.25, 0.3) is 5.91 Å². The highest BCUT2D eigenvalue weighted by molar-refractivity contribution is 5.94. The van der Waals surface area contributed by atoms with Crippen molar-refractivity contribution in [3.8, 4) is 0 Å². The molecule has 0 radical (unpaired) electrons. The van der Waals surface area contributed by atoms with Crippen LogP contribution in [0.15, 0.2) is 24.7 Å². The summed E-state index contributed by atoms with van der Waals surface area (Å²) < 4.78 is 7.00. The minimum absolute atomic E-state index is 0.173. The molecule has 2 amide bonds. The van der Waals surface area contributed by atoms with E-state index in [0.29, 0.717) is 17.8 Å². The molecule has 2 aromatic heterocycles. The van der Waals surface area contributed by atoms with Gasteiger partial charge in [0, 0.05) is 12.7 Å². The summed E-state index contributed by atoms with van der Waals surface area (Å²) in [6.07, 6.45) is 6.47. The maximum absolute atomic E-state index is 12.7. The number of nitrogens with one attached hydrogen (secondary N) is 2. The van der Waals surface area contributed by atoms with Gasteiger partial charge in [0.05, 0.1) is 11.1 Å². The smallest absolute Gasteiger partial charge is 0.407 e. The molecular weight excluding hydrogens is 334 g/mol. The minimum Gasteiger partial charge on any atom is -0.444 e. The van der Waals surface area contributed by atoms with Gasteiger partial charge in [-0.15, -0.1) is 10.2 Å². The van der Waals surface area contributed by atoms with Crippen LogP contribution >= 0.6 is 0 Å². The van der Waals surface area contributed by atoms with Crippen LogP contribution in [0.1, 0.15) is 56.8 Å².